The van der Waals surface area contributed by atoms with Crippen LogP contribution in [0.2, 0.25) is 0 Å². The van der Waals surface area contributed by atoms with Crippen molar-refractivity contribution in [2.45, 2.75) is 47.5 Å². The van der Waals surface area contributed by atoms with Crippen LogP contribution in [-0.2, 0) is 16.0 Å². The van der Waals surface area contributed by atoms with Crippen molar-refractivity contribution in [3.8, 4) is 0 Å². The Balaban J connectivity index is 2.13. The van der Waals surface area contributed by atoms with Gasteiger partial charge in [-0.25, -0.2) is 0 Å². The van der Waals surface area contributed by atoms with Gasteiger partial charge in [0, 0.05) is 31.3 Å². The lowest BCUT2D eigenvalue weighted by atomic mass is 10.0. The molecule has 0 heterocycles. The minimum absolute atomic E-state index is 0.0477. The fourth-order valence-corrected chi connectivity index (χ4v) is 3.11. The minimum atomic E-state index is -0.0865. The molecule has 0 spiro atoms. The van der Waals surface area contributed by atoms with Gasteiger partial charge < -0.3 is 10.2 Å². The van der Waals surface area contributed by atoms with E-state index in [-0.39, 0.29) is 18.2 Å². The summed E-state index contributed by atoms with van der Waals surface area (Å²) in [7, 11) is 0. The molecule has 0 saturated carbocycles. The molecule has 2 aromatic carbocycles. The summed E-state index contributed by atoms with van der Waals surface area (Å²) >= 11 is 0. The van der Waals surface area contributed by atoms with Crippen molar-refractivity contribution in [2.75, 3.05) is 16.8 Å². The molecule has 2 amide bonds. The molecular formula is C22H28N2O2. The molecule has 4 heteroatoms. The molecule has 0 aliphatic carbocycles. The van der Waals surface area contributed by atoms with E-state index in [1.54, 1.807) is 11.8 Å². The van der Waals surface area contributed by atoms with Crippen molar-refractivity contribution in [3.05, 3.63) is 58.7 Å². The largest absolute Gasteiger partial charge is 0.326 e. The second-order valence-corrected chi connectivity index (χ2v) is 6.72. The molecular weight excluding hydrogens is 324 g/mol. The second-order valence-electron chi connectivity index (χ2n) is 6.72. The van der Waals surface area contributed by atoms with Crippen LogP contribution in [0.1, 0.15) is 42.5 Å². The maximum atomic E-state index is 12.4. The number of carbonyl (C=O) groups is 2. The zero-order valence-corrected chi connectivity index (χ0v) is 16.3. The standard InChI is InChI=1S/C22H28N2O2/c1-6-19-9-7-8-17(4)22(19)24(18(5)25)13-12-21(26)23-20-14-15(2)10-11-16(20)3/h7-11,14H,6,12-13H2,1-5H3,(H,23,26). The number of nitrogens with zero attached hydrogens (tertiary/aromatic N) is 1. The molecule has 0 aliphatic rings. The molecule has 0 unspecified atom stereocenters. The van der Waals surface area contributed by atoms with E-state index >= 15 is 0 Å². The third-order valence-corrected chi connectivity index (χ3v) is 4.58. The number of carbonyl (C=O) groups excluding carboxylic acids is 2. The summed E-state index contributed by atoms with van der Waals surface area (Å²) in [6.45, 7) is 9.96. The Morgan fingerprint density at radius 2 is 1.77 bits per heavy atom. The van der Waals surface area contributed by atoms with Gasteiger partial charge >= 0.3 is 0 Å². The summed E-state index contributed by atoms with van der Waals surface area (Å²) in [5, 5.41) is 2.96. The van der Waals surface area contributed by atoms with E-state index in [9.17, 15) is 9.59 Å². The van der Waals surface area contributed by atoms with Crippen molar-refractivity contribution in [1.82, 2.24) is 0 Å². The normalized spacial score (nSPS) is 10.5. The lowest BCUT2D eigenvalue weighted by Crippen LogP contribution is -2.33. The van der Waals surface area contributed by atoms with E-state index in [1.165, 1.54) is 0 Å². The Hall–Kier alpha value is -2.62. The Labute approximate surface area is 156 Å². The van der Waals surface area contributed by atoms with Crippen LogP contribution in [0.5, 0.6) is 0 Å². The van der Waals surface area contributed by atoms with Gasteiger partial charge in [-0.3, -0.25) is 9.59 Å². The van der Waals surface area contributed by atoms with Gasteiger partial charge in [0.05, 0.1) is 0 Å². The summed E-state index contributed by atoms with van der Waals surface area (Å²) in [5.41, 5.74) is 6.06. The van der Waals surface area contributed by atoms with E-state index in [1.807, 2.05) is 57.2 Å². The van der Waals surface area contributed by atoms with Gasteiger partial charge in [-0.2, -0.15) is 0 Å². The molecule has 0 radical (unpaired) electrons. The minimum Gasteiger partial charge on any atom is -0.326 e. The third kappa shape index (κ3) is 4.72. The molecule has 26 heavy (non-hydrogen) atoms. The lowest BCUT2D eigenvalue weighted by molar-refractivity contribution is -0.117. The highest BCUT2D eigenvalue weighted by molar-refractivity contribution is 5.96. The topological polar surface area (TPSA) is 49.4 Å². The summed E-state index contributed by atoms with van der Waals surface area (Å²) in [4.78, 5) is 26.4. The number of hydrogen-bond donors (Lipinski definition) is 1. The van der Waals surface area contributed by atoms with Crippen LogP contribution in [-0.4, -0.2) is 18.4 Å². The zero-order chi connectivity index (χ0) is 19.3. The van der Waals surface area contributed by atoms with Crippen molar-refractivity contribution in [1.29, 1.82) is 0 Å². The average molecular weight is 352 g/mol. The van der Waals surface area contributed by atoms with Gasteiger partial charge in [0.15, 0.2) is 0 Å². The quantitative estimate of drug-likeness (QED) is 0.829. The predicted octanol–water partition coefficient (Wildman–Crippen LogP) is 4.56. The maximum absolute atomic E-state index is 12.4. The van der Waals surface area contributed by atoms with Crippen molar-refractivity contribution >= 4 is 23.2 Å². The molecule has 0 aromatic heterocycles. The van der Waals surface area contributed by atoms with Gasteiger partial charge in [-0.15, -0.1) is 0 Å². The summed E-state index contributed by atoms with van der Waals surface area (Å²) < 4.78 is 0. The summed E-state index contributed by atoms with van der Waals surface area (Å²) in [6.07, 6.45) is 1.10. The van der Waals surface area contributed by atoms with Gasteiger partial charge in [0.1, 0.15) is 0 Å². The number of hydrogen-bond acceptors (Lipinski definition) is 2. The number of rotatable bonds is 6. The fourth-order valence-electron chi connectivity index (χ4n) is 3.11. The second kappa shape index (κ2) is 8.65. The zero-order valence-electron chi connectivity index (χ0n) is 16.3. The smallest absolute Gasteiger partial charge is 0.226 e. The van der Waals surface area contributed by atoms with E-state index in [0.717, 1.165) is 40.0 Å². The summed E-state index contributed by atoms with van der Waals surface area (Å²) in [5.74, 6) is -0.134. The lowest BCUT2D eigenvalue weighted by Gasteiger charge is -2.25. The molecule has 0 fully saturated rings. The highest BCUT2D eigenvalue weighted by Crippen LogP contribution is 2.26. The monoisotopic (exact) mass is 352 g/mol. The Morgan fingerprint density at radius 1 is 1.04 bits per heavy atom. The highest BCUT2D eigenvalue weighted by atomic mass is 16.2. The predicted molar refractivity (Wildman–Crippen MR) is 108 cm³/mol. The van der Waals surface area contributed by atoms with Crippen LogP contribution in [0.25, 0.3) is 0 Å². The number of nitrogens with one attached hydrogen (secondary N) is 1. The molecule has 0 saturated heterocycles. The molecule has 0 atom stereocenters. The van der Waals surface area contributed by atoms with Crippen LogP contribution in [0.3, 0.4) is 0 Å². The number of para-hydroxylation sites is 1. The van der Waals surface area contributed by atoms with Crippen LogP contribution in [0, 0.1) is 20.8 Å². The van der Waals surface area contributed by atoms with Crippen LogP contribution in [0.15, 0.2) is 36.4 Å². The van der Waals surface area contributed by atoms with Crippen molar-refractivity contribution < 1.29 is 9.59 Å². The summed E-state index contributed by atoms with van der Waals surface area (Å²) in [6, 6.07) is 12.0. The molecule has 1 N–H and O–H groups in total. The van der Waals surface area contributed by atoms with Gasteiger partial charge in [-0.05, 0) is 55.5 Å². The first kappa shape index (κ1) is 19.7. The first-order valence-corrected chi connectivity index (χ1v) is 9.07. The average Bonchev–Trinajstić information content (AvgIpc) is 2.59. The molecule has 0 bridgehead atoms. The number of aryl methyl sites for hydroxylation is 4. The van der Waals surface area contributed by atoms with E-state index in [4.69, 9.17) is 0 Å². The van der Waals surface area contributed by atoms with Crippen molar-refractivity contribution in [3.63, 3.8) is 0 Å². The number of anilines is 2. The molecule has 2 rings (SSSR count). The Kier molecular flexibility index (Phi) is 6.56. The van der Waals surface area contributed by atoms with Crippen molar-refractivity contribution in [2.24, 2.45) is 0 Å². The van der Waals surface area contributed by atoms with E-state index in [2.05, 4.69) is 12.2 Å². The van der Waals surface area contributed by atoms with Crippen LogP contribution in [0.4, 0.5) is 11.4 Å². The Bertz CT molecular complexity index is 812. The van der Waals surface area contributed by atoms with Gasteiger partial charge in [0.25, 0.3) is 0 Å². The van der Waals surface area contributed by atoms with Crippen LogP contribution < -0.4 is 10.2 Å². The maximum Gasteiger partial charge on any atom is 0.226 e. The number of benzene rings is 2. The third-order valence-electron chi connectivity index (χ3n) is 4.58. The van der Waals surface area contributed by atoms with Gasteiger partial charge in [0.2, 0.25) is 11.8 Å². The number of amides is 2. The molecule has 0 aliphatic heterocycles. The van der Waals surface area contributed by atoms with E-state index < -0.39 is 0 Å². The van der Waals surface area contributed by atoms with Gasteiger partial charge in [-0.1, -0.05) is 37.3 Å². The first-order valence-electron chi connectivity index (χ1n) is 9.07. The van der Waals surface area contributed by atoms with Crippen LogP contribution >= 0.6 is 0 Å². The molecule has 2 aromatic rings. The van der Waals surface area contributed by atoms with E-state index in [0.29, 0.717) is 6.54 Å². The Morgan fingerprint density at radius 3 is 2.42 bits per heavy atom. The molecule has 4 nitrogen and oxygen atoms in total. The highest BCUT2D eigenvalue weighted by Gasteiger charge is 2.18. The first-order chi connectivity index (χ1) is 12.3. The molecule has 138 valence electrons. The SMILES string of the molecule is CCc1cccc(C)c1N(CCC(=O)Nc1cc(C)ccc1C)C(C)=O. The fraction of sp³-hybridized carbons (Fsp3) is 0.364.